The molecule has 202 valence electrons. The number of thioether (sulfide) groups is 1. The number of amides is 2. The van der Waals surface area contributed by atoms with Gasteiger partial charge in [0.2, 0.25) is 11.8 Å². The lowest BCUT2D eigenvalue weighted by Gasteiger charge is -2.40. The summed E-state index contributed by atoms with van der Waals surface area (Å²) in [5, 5.41) is 10.4. The zero-order chi connectivity index (χ0) is 26.7. The van der Waals surface area contributed by atoms with E-state index in [2.05, 4.69) is 20.1 Å². The first-order valence-electron chi connectivity index (χ1n) is 13.4. The third-order valence-corrected chi connectivity index (χ3v) is 10.1. The molecule has 0 saturated carbocycles. The first kappa shape index (κ1) is 28.8. The van der Waals surface area contributed by atoms with Gasteiger partial charge in [-0.05, 0) is 38.5 Å². The Labute approximate surface area is 220 Å². The Morgan fingerprint density at radius 2 is 2.00 bits per heavy atom. The third kappa shape index (κ3) is 5.00. The van der Waals surface area contributed by atoms with E-state index in [0.717, 1.165) is 25.7 Å². The second kappa shape index (κ2) is 11.7. The predicted molar refractivity (Wildman–Crippen MR) is 143 cm³/mol. The number of carbonyl (C=O) groups is 3. The Hall–Kier alpha value is -1.80. The molecule has 7 nitrogen and oxygen atoms in total. The van der Waals surface area contributed by atoms with Gasteiger partial charge in [0, 0.05) is 17.8 Å². The van der Waals surface area contributed by atoms with Crippen LogP contribution in [0.4, 0.5) is 0 Å². The molecular weight excluding hydrogens is 476 g/mol. The van der Waals surface area contributed by atoms with Gasteiger partial charge in [0.05, 0.1) is 29.2 Å². The summed E-state index contributed by atoms with van der Waals surface area (Å²) in [5.41, 5.74) is 0. The third-order valence-electron chi connectivity index (χ3n) is 8.09. The molecule has 3 rings (SSSR count). The van der Waals surface area contributed by atoms with E-state index in [0.29, 0.717) is 25.9 Å². The van der Waals surface area contributed by atoms with Gasteiger partial charge in [-0.25, -0.2) is 0 Å². The van der Waals surface area contributed by atoms with Crippen LogP contribution in [0.1, 0.15) is 66.2 Å². The van der Waals surface area contributed by atoms with Crippen molar-refractivity contribution in [3.8, 4) is 0 Å². The molecule has 0 aromatic rings. The van der Waals surface area contributed by atoms with Crippen LogP contribution in [0.5, 0.6) is 0 Å². The van der Waals surface area contributed by atoms with Crippen molar-refractivity contribution in [3.05, 3.63) is 25.3 Å². The average molecular weight is 521 g/mol. The van der Waals surface area contributed by atoms with Crippen LogP contribution in [0.3, 0.4) is 0 Å². The Morgan fingerprint density at radius 3 is 2.58 bits per heavy atom. The van der Waals surface area contributed by atoms with Crippen LogP contribution in [-0.2, 0) is 19.1 Å². The van der Waals surface area contributed by atoms with Crippen molar-refractivity contribution in [2.75, 3.05) is 26.3 Å². The maximum absolute atomic E-state index is 14.3. The number of nitrogens with zero attached hydrogens (tertiary/aromatic N) is 2. The Bertz CT molecular complexity index is 863. The number of carbonyl (C=O) groups excluding carboxylic acids is 3. The summed E-state index contributed by atoms with van der Waals surface area (Å²) in [7, 11) is 0. The van der Waals surface area contributed by atoms with Crippen molar-refractivity contribution in [1.29, 1.82) is 0 Å². The van der Waals surface area contributed by atoms with Gasteiger partial charge in [0.1, 0.15) is 12.6 Å². The summed E-state index contributed by atoms with van der Waals surface area (Å²) in [6.07, 6.45) is 8.19. The lowest BCUT2D eigenvalue weighted by Crippen LogP contribution is -2.57. The normalized spacial score (nSPS) is 31.4. The highest BCUT2D eigenvalue weighted by molar-refractivity contribution is 8.02. The van der Waals surface area contributed by atoms with E-state index < -0.39 is 39.4 Å². The number of esters is 1. The van der Waals surface area contributed by atoms with Gasteiger partial charge in [-0.1, -0.05) is 52.3 Å². The van der Waals surface area contributed by atoms with Crippen LogP contribution < -0.4 is 0 Å². The van der Waals surface area contributed by atoms with E-state index in [1.165, 1.54) is 6.08 Å². The largest absolute Gasteiger partial charge is 0.461 e. The SMILES string of the molecule is C=CCOC(=O)[C@@H]1[C@H]2C(=O)N([C@@H](CO)CC(C)C)C(C(=O)N(CC=C)CCCCC)C23CC[C@@]1(C)S3. The zero-order valence-corrected chi connectivity index (χ0v) is 23.2. The molecule has 3 heterocycles. The van der Waals surface area contributed by atoms with Crippen LogP contribution in [0, 0.1) is 17.8 Å². The van der Waals surface area contributed by atoms with Crippen molar-refractivity contribution in [2.24, 2.45) is 17.8 Å². The molecule has 1 N–H and O–H groups in total. The van der Waals surface area contributed by atoms with Crippen molar-refractivity contribution in [2.45, 2.75) is 87.8 Å². The number of hydrogen-bond donors (Lipinski definition) is 1. The first-order chi connectivity index (χ1) is 17.1. The lowest BCUT2D eigenvalue weighted by atomic mass is 9.66. The molecule has 3 saturated heterocycles. The Morgan fingerprint density at radius 1 is 1.28 bits per heavy atom. The minimum absolute atomic E-state index is 0.0905. The smallest absolute Gasteiger partial charge is 0.311 e. The molecular formula is C28H44N2O5S. The van der Waals surface area contributed by atoms with E-state index in [1.807, 2.05) is 25.7 Å². The fourth-order valence-corrected chi connectivity index (χ4v) is 8.94. The van der Waals surface area contributed by atoms with Crippen LogP contribution in [-0.4, -0.2) is 80.6 Å². The summed E-state index contributed by atoms with van der Waals surface area (Å²) < 4.78 is 4.30. The second-order valence-corrected chi connectivity index (χ2v) is 13.0. The number of ether oxygens (including phenoxy) is 1. The van der Waals surface area contributed by atoms with Gasteiger partial charge < -0.3 is 19.6 Å². The number of aliphatic hydroxyl groups excluding tert-OH is 1. The van der Waals surface area contributed by atoms with Crippen molar-refractivity contribution in [3.63, 3.8) is 0 Å². The summed E-state index contributed by atoms with van der Waals surface area (Å²) in [6, 6.07) is -1.21. The van der Waals surface area contributed by atoms with E-state index in [1.54, 1.807) is 22.7 Å². The van der Waals surface area contributed by atoms with Crippen molar-refractivity contribution >= 4 is 29.5 Å². The van der Waals surface area contributed by atoms with Gasteiger partial charge in [-0.15, -0.1) is 18.3 Å². The molecule has 1 spiro atoms. The average Bonchev–Trinajstić information content (AvgIpc) is 3.40. The molecule has 0 aliphatic carbocycles. The quantitative estimate of drug-likeness (QED) is 0.213. The topological polar surface area (TPSA) is 87.1 Å². The molecule has 0 aromatic carbocycles. The maximum Gasteiger partial charge on any atom is 0.311 e. The molecule has 2 amide bonds. The molecule has 8 heteroatoms. The standard InChI is InChI=1S/C28H44N2O5S/c1-7-10-11-15-29(14-8-2)25(33)23-28-13-12-27(6,36-28)22(26(34)35-16-9-3)21(28)24(32)30(23)20(18-31)17-19(4)5/h8-9,19-23,31H,2-3,7,10-18H2,1,4-6H3/t20-,21+,22+,23?,27-,28?/m1/s1. The molecule has 3 aliphatic heterocycles. The molecule has 6 atom stereocenters. The molecule has 3 fully saturated rings. The summed E-state index contributed by atoms with van der Waals surface area (Å²) >= 11 is 1.63. The molecule has 0 aromatic heterocycles. The number of fused-ring (bicyclic) bond motifs is 1. The van der Waals surface area contributed by atoms with Gasteiger partial charge >= 0.3 is 5.97 Å². The monoisotopic (exact) mass is 520 g/mol. The molecule has 3 aliphatic rings. The van der Waals surface area contributed by atoms with Gasteiger partial charge in [0.15, 0.2) is 0 Å². The van der Waals surface area contributed by atoms with Gasteiger partial charge in [-0.2, -0.15) is 0 Å². The molecule has 2 unspecified atom stereocenters. The Kier molecular flexibility index (Phi) is 9.36. The summed E-state index contributed by atoms with van der Waals surface area (Å²) in [4.78, 5) is 45.3. The highest BCUT2D eigenvalue weighted by Crippen LogP contribution is 2.71. The molecule has 2 bridgehead atoms. The fourth-order valence-electron chi connectivity index (χ4n) is 6.62. The van der Waals surface area contributed by atoms with Crippen molar-refractivity contribution < 1.29 is 24.2 Å². The van der Waals surface area contributed by atoms with Crippen molar-refractivity contribution in [1.82, 2.24) is 9.80 Å². The summed E-state index contributed by atoms with van der Waals surface area (Å²) in [5.74, 6) is -1.73. The van der Waals surface area contributed by atoms with Gasteiger partial charge in [-0.3, -0.25) is 14.4 Å². The zero-order valence-electron chi connectivity index (χ0n) is 22.4. The number of likely N-dealkylation sites (tertiary alicyclic amines) is 1. The van der Waals surface area contributed by atoms with E-state index >= 15 is 0 Å². The predicted octanol–water partition coefficient (Wildman–Crippen LogP) is 3.81. The minimum atomic E-state index is -0.725. The van der Waals surface area contributed by atoms with Gasteiger partial charge in [0.25, 0.3) is 0 Å². The molecule has 36 heavy (non-hydrogen) atoms. The van der Waals surface area contributed by atoms with Crippen LogP contribution in [0.2, 0.25) is 0 Å². The highest BCUT2D eigenvalue weighted by Gasteiger charge is 2.78. The van der Waals surface area contributed by atoms with Crippen LogP contribution in [0.25, 0.3) is 0 Å². The number of rotatable bonds is 14. The maximum atomic E-state index is 14.3. The van der Waals surface area contributed by atoms with Crippen LogP contribution in [0.15, 0.2) is 25.3 Å². The van der Waals surface area contributed by atoms with Crippen LogP contribution >= 0.6 is 11.8 Å². The minimum Gasteiger partial charge on any atom is -0.461 e. The number of aliphatic hydroxyl groups is 1. The Balaban J connectivity index is 2.08. The van der Waals surface area contributed by atoms with E-state index in [-0.39, 0.29) is 30.9 Å². The first-order valence-corrected chi connectivity index (χ1v) is 14.2. The second-order valence-electron chi connectivity index (χ2n) is 11.1. The molecule has 0 radical (unpaired) electrons. The summed E-state index contributed by atoms with van der Waals surface area (Å²) in [6.45, 7) is 16.6. The number of hydrogen-bond acceptors (Lipinski definition) is 6. The fraction of sp³-hybridized carbons (Fsp3) is 0.750. The number of unbranched alkanes of at least 4 members (excludes halogenated alkanes) is 2. The van der Waals surface area contributed by atoms with E-state index in [4.69, 9.17) is 4.74 Å². The lowest BCUT2D eigenvalue weighted by molar-refractivity contribution is -0.155. The highest BCUT2D eigenvalue weighted by atomic mass is 32.2. The van der Waals surface area contributed by atoms with E-state index in [9.17, 15) is 19.5 Å².